The highest BCUT2D eigenvalue weighted by atomic mass is 16.6. The van der Waals surface area contributed by atoms with Gasteiger partial charge in [0.15, 0.2) is 0 Å². The molecule has 0 N–H and O–H groups in total. The predicted molar refractivity (Wildman–Crippen MR) is 71.7 cm³/mol. The fourth-order valence-corrected chi connectivity index (χ4v) is 1.24. The fourth-order valence-electron chi connectivity index (χ4n) is 1.24. The van der Waals surface area contributed by atoms with E-state index in [1.165, 1.54) is 6.92 Å². The summed E-state index contributed by atoms with van der Waals surface area (Å²) in [6, 6.07) is 0. The molecule has 0 heterocycles. The zero-order chi connectivity index (χ0) is 15.1. The van der Waals surface area contributed by atoms with Crippen LogP contribution in [-0.4, -0.2) is 37.4 Å². The second kappa shape index (κ2) is 7.48. The second-order valence-corrected chi connectivity index (χ2v) is 6.33. The third-order valence-corrected chi connectivity index (χ3v) is 2.03. The molecule has 0 rings (SSSR count). The van der Waals surface area contributed by atoms with Crippen molar-refractivity contribution in [3.05, 3.63) is 0 Å². The van der Waals surface area contributed by atoms with Crippen molar-refractivity contribution in [3.8, 4) is 0 Å². The van der Waals surface area contributed by atoms with Gasteiger partial charge in [0.25, 0.3) is 0 Å². The van der Waals surface area contributed by atoms with Crippen LogP contribution in [0.3, 0.4) is 0 Å². The Bertz CT molecular complexity index is 301. The van der Waals surface area contributed by atoms with Gasteiger partial charge in [-0.1, -0.05) is 13.8 Å². The first-order valence-corrected chi connectivity index (χ1v) is 6.45. The Morgan fingerprint density at radius 1 is 1.00 bits per heavy atom. The monoisotopic (exact) mass is 274 g/mol. The minimum atomic E-state index is -0.467. The highest BCUT2D eigenvalue weighted by Gasteiger charge is 2.21. The lowest BCUT2D eigenvalue weighted by atomic mass is 9.96. The van der Waals surface area contributed by atoms with E-state index in [0.717, 1.165) is 0 Å². The largest absolute Gasteiger partial charge is 0.465 e. The number of rotatable bonds is 7. The van der Waals surface area contributed by atoms with Crippen LogP contribution in [0.15, 0.2) is 0 Å². The maximum absolute atomic E-state index is 11.4. The molecule has 0 spiro atoms. The summed E-state index contributed by atoms with van der Waals surface area (Å²) in [4.78, 5) is 22.1. The van der Waals surface area contributed by atoms with Gasteiger partial charge in [-0.15, -0.1) is 0 Å². The zero-order valence-corrected chi connectivity index (χ0v) is 12.9. The first-order valence-electron chi connectivity index (χ1n) is 6.45. The Labute approximate surface area is 115 Å². The molecule has 0 atom stereocenters. The molecule has 19 heavy (non-hydrogen) atoms. The average molecular weight is 274 g/mol. The van der Waals surface area contributed by atoms with Gasteiger partial charge in [0.2, 0.25) is 0 Å². The summed E-state index contributed by atoms with van der Waals surface area (Å²) in [5.74, 6) is -0.577. The minimum absolute atomic E-state index is 0.223. The zero-order valence-electron chi connectivity index (χ0n) is 12.9. The van der Waals surface area contributed by atoms with Gasteiger partial charge in [-0.05, 0) is 20.8 Å². The minimum Gasteiger partial charge on any atom is -0.465 e. The summed E-state index contributed by atoms with van der Waals surface area (Å²) in [5.41, 5.74) is -0.731. The number of carbonyl (C=O) groups is 2. The molecule has 0 bridgehead atoms. The van der Waals surface area contributed by atoms with Crippen molar-refractivity contribution in [2.24, 2.45) is 5.41 Å². The molecule has 0 saturated carbocycles. The molecule has 0 aromatic heterocycles. The molecule has 0 aliphatic carbocycles. The van der Waals surface area contributed by atoms with E-state index in [9.17, 15) is 9.59 Å². The van der Waals surface area contributed by atoms with E-state index in [-0.39, 0.29) is 23.8 Å². The van der Waals surface area contributed by atoms with Crippen molar-refractivity contribution in [2.75, 3.05) is 19.8 Å². The molecule has 0 radical (unpaired) electrons. The highest BCUT2D eigenvalue weighted by molar-refractivity contribution is 5.69. The van der Waals surface area contributed by atoms with Crippen LogP contribution in [0.25, 0.3) is 0 Å². The molecular formula is C14H26O5. The molecule has 0 aromatic carbocycles. The normalized spacial score (nSPS) is 12.1. The lowest BCUT2D eigenvalue weighted by Gasteiger charge is -2.24. The van der Waals surface area contributed by atoms with E-state index in [2.05, 4.69) is 0 Å². The summed E-state index contributed by atoms with van der Waals surface area (Å²) >= 11 is 0. The van der Waals surface area contributed by atoms with Gasteiger partial charge in [0.1, 0.15) is 5.60 Å². The van der Waals surface area contributed by atoms with Crippen LogP contribution in [0.2, 0.25) is 0 Å². The van der Waals surface area contributed by atoms with Crippen molar-refractivity contribution in [1.29, 1.82) is 0 Å². The molecule has 0 fully saturated rings. The standard InChI is InChI=1S/C14H26O5/c1-11(15)18-10-14(5,6)9-17-8-7-12(16)19-13(2,3)4/h7-10H2,1-6H3. The van der Waals surface area contributed by atoms with Crippen LogP contribution in [-0.2, 0) is 23.8 Å². The molecule has 0 saturated heterocycles. The topological polar surface area (TPSA) is 61.8 Å². The van der Waals surface area contributed by atoms with E-state index < -0.39 is 5.60 Å². The van der Waals surface area contributed by atoms with Crippen LogP contribution in [0.1, 0.15) is 48.0 Å². The molecule has 0 aromatic rings. The predicted octanol–water partition coefficient (Wildman–Crippen LogP) is 2.32. The van der Waals surface area contributed by atoms with E-state index in [1.54, 1.807) is 0 Å². The number of hydrogen-bond acceptors (Lipinski definition) is 5. The summed E-state index contributed by atoms with van der Waals surface area (Å²) in [6.45, 7) is 11.7. The van der Waals surface area contributed by atoms with Crippen LogP contribution in [0.4, 0.5) is 0 Å². The number of carbonyl (C=O) groups excluding carboxylic acids is 2. The first-order chi connectivity index (χ1) is 8.52. The molecule has 0 aliphatic rings. The van der Waals surface area contributed by atoms with Crippen LogP contribution in [0.5, 0.6) is 0 Å². The Hall–Kier alpha value is -1.10. The van der Waals surface area contributed by atoms with Crippen molar-refractivity contribution in [3.63, 3.8) is 0 Å². The molecule has 0 aliphatic heterocycles. The fraction of sp³-hybridized carbons (Fsp3) is 0.857. The van der Waals surface area contributed by atoms with Gasteiger partial charge >= 0.3 is 11.9 Å². The Balaban J connectivity index is 3.79. The van der Waals surface area contributed by atoms with Gasteiger partial charge in [0, 0.05) is 12.3 Å². The van der Waals surface area contributed by atoms with Crippen molar-refractivity contribution < 1.29 is 23.8 Å². The third-order valence-electron chi connectivity index (χ3n) is 2.03. The van der Waals surface area contributed by atoms with Gasteiger partial charge in [-0.2, -0.15) is 0 Å². The average Bonchev–Trinajstić information content (AvgIpc) is 2.19. The Morgan fingerprint density at radius 3 is 2.05 bits per heavy atom. The van der Waals surface area contributed by atoms with Gasteiger partial charge < -0.3 is 14.2 Å². The Kier molecular flexibility index (Phi) is 7.05. The quantitative estimate of drug-likeness (QED) is 0.526. The molecule has 0 amide bonds. The molecule has 5 nitrogen and oxygen atoms in total. The lowest BCUT2D eigenvalue weighted by molar-refractivity contribution is -0.156. The maximum Gasteiger partial charge on any atom is 0.308 e. The van der Waals surface area contributed by atoms with Crippen LogP contribution >= 0.6 is 0 Å². The van der Waals surface area contributed by atoms with Crippen molar-refractivity contribution in [1.82, 2.24) is 0 Å². The number of hydrogen-bond donors (Lipinski definition) is 0. The van der Waals surface area contributed by atoms with Crippen molar-refractivity contribution in [2.45, 2.75) is 53.6 Å². The van der Waals surface area contributed by atoms with E-state index in [0.29, 0.717) is 19.8 Å². The van der Waals surface area contributed by atoms with Crippen molar-refractivity contribution >= 4 is 11.9 Å². The van der Waals surface area contributed by atoms with Gasteiger partial charge in [-0.3, -0.25) is 9.59 Å². The summed E-state index contributed by atoms with van der Waals surface area (Å²) < 4.78 is 15.5. The summed E-state index contributed by atoms with van der Waals surface area (Å²) in [6.07, 6.45) is 0.223. The smallest absolute Gasteiger partial charge is 0.308 e. The highest BCUT2D eigenvalue weighted by Crippen LogP contribution is 2.16. The third kappa shape index (κ3) is 11.7. The summed E-state index contributed by atoms with van der Waals surface area (Å²) in [5, 5.41) is 0. The summed E-state index contributed by atoms with van der Waals surface area (Å²) in [7, 11) is 0. The number of esters is 2. The first kappa shape index (κ1) is 17.9. The lowest BCUT2D eigenvalue weighted by Crippen LogP contribution is -2.28. The van der Waals surface area contributed by atoms with E-state index >= 15 is 0 Å². The number of ether oxygens (including phenoxy) is 3. The molecule has 0 unspecified atom stereocenters. The van der Waals surface area contributed by atoms with E-state index in [4.69, 9.17) is 14.2 Å². The van der Waals surface area contributed by atoms with Gasteiger partial charge in [0.05, 0.1) is 26.2 Å². The van der Waals surface area contributed by atoms with E-state index in [1.807, 2.05) is 34.6 Å². The van der Waals surface area contributed by atoms with Gasteiger partial charge in [-0.25, -0.2) is 0 Å². The second-order valence-electron chi connectivity index (χ2n) is 6.33. The SMILES string of the molecule is CC(=O)OCC(C)(C)COCCC(=O)OC(C)(C)C. The van der Waals surface area contributed by atoms with Crippen LogP contribution < -0.4 is 0 Å². The molecular weight excluding hydrogens is 248 g/mol. The maximum atomic E-state index is 11.4. The molecule has 112 valence electrons. The van der Waals surface area contributed by atoms with Crippen LogP contribution in [0, 0.1) is 5.41 Å². The Morgan fingerprint density at radius 2 is 1.58 bits per heavy atom. The molecule has 5 heteroatoms.